The fraction of sp³-hybridized carbons (Fsp3) is 0.308. The van der Waals surface area contributed by atoms with Gasteiger partial charge in [0.2, 0.25) is 5.22 Å². The van der Waals surface area contributed by atoms with Crippen molar-refractivity contribution in [2.24, 2.45) is 0 Å². The summed E-state index contributed by atoms with van der Waals surface area (Å²) in [6.07, 6.45) is 3.60. The maximum absolute atomic E-state index is 12.4. The molecule has 5 heteroatoms. The summed E-state index contributed by atoms with van der Waals surface area (Å²) >= 11 is 7.52. The first-order valence-corrected chi connectivity index (χ1v) is 7.13. The summed E-state index contributed by atoms with van der Waals surface area (Å²) in [6, 6.07) is 4.03. The average Bonchev–Trinajstić information content (AvgIpc) is 2.89. The van der Waals surface area contributed by atoms with Gasteiger partial charge in [-0.15, -0.1) is 0 Å². The van der Waals surface area contributed by atoms with Crippen LogP contribution in [0, 0.1) is 0 Å². The van der Waals surface area contributed by atoms with Gasteiger partial charge in [0.05, 0.1) is 11.8 Å². The standard InChI is InChI=1S/C13H12ClNO2S/c14-12-11(3-5-17-12)13(16)15(10-1-2-10)7-9-4-6-18-8-9/h3-6,8,10H,1-2,7H2. The van der Waals surface area contributed by atoms with Crippen LogP contribution in [-0.4, -0.2) is 16.8 Å². The highest BCUT2D eigenvalue weighted by Gasteiger charge is 2.34. The fourth-order valence-corrected chi connectivity index (χ4v) is 2.79. The lowest BCUT2D eigenvalue weighted by atomic mass is 10.2. The number of nitrogens with zero attached hydrogens (tertiary/aromatic N) is 1. The van der Waals surface area contributed by atoms with Crippen molar-refractivity contribution in [3.05, 3.63) is 45.5 Å². The summed E-state index contributed by atoms with van der Waals surface area (Å²) in [5, 5.41) is 4.27. The van der Waals surface area contributed by atoms with Crippen LogP contribution in [-0.2, 0) is 6.54 Å². The SMILES string of the molecule is O=C(c1ccoc1Cl)N(Cc1ccsc1)C1CC1. The summed E-state index contributed by atoms with van der Waals surface area (Å²) in [7, 11) is 0. The predicted octanol–water partition coefficient (Wildman–Crippen LogP) is 3.80. The smallest absolute Gasteiger partial charge is 0.259 e. The molecule has 94 valence electrons. The summed E-state index contributed by atoms with van der Waals surface area (Å²) in [6.45, 7) is 0.647. The molecule has 0 spiro atoms. The molecule has 1 saturated carbocycles. The monoisotopic (exact) mass is 281 g/mol. The lowest BCUT2D eigenvalue weighted by Crippen LogP contribution is -2.32. The van der Waals surface area contributed by atoms with Gasteiger partial charge in [0.1, 0.15) is 0 Å². The van der Waals surface area contributed by atoms with E-state index in [-0.39, 0.29) is 11.1 Å². The van der Waals surface area contributed by atoms with Crippen molar-refractivity contribution in [2.75, 3.05) is 0 Å². The van der Waals surface area contributed by atoms with E-state index < -0.39 is 0 Å². The zero-order chi connectivity index (χ0) is 12.5. The Hall–Kier alpha value is -1.26. The molecule has 0 saturated heterocycles. The molecule has 3 rings (SSSR count). The number of hydrogen-bond acceptors (Lipinski definition) is 3. The Bertz CT molecular complexity index is 545. The Labute approximate surface area is 114 Å². The van der Waals surface area contributed by atoms with Gasteiger partial charge in [-0.05, 0) is 52.9 Å². The molecule has 1 fully saturated rings. The van der Waals surface area contributed by atoms with Crippen LogP contribution in [0.2, 0.25) is 5.22 Å². The second-order valence-corrected chi connectivity index (χ2v) is 5.53. The first-order valence-electron chi connectivity index (χ1n) is 5.81. The Morgan fingerprint density at radius 2 is 2.33 bits per heavy atom. The third kappa shape index (κ3) is 2.31. The van der Waals surface area contributed by atoms with E-state index in [2.05, 4.69) is 5.38 Å². The van der Waals surface area contributed by atoms with Gasteiger partial charge in [-0.3, -0.25) is 4.79 Å². The zero-order valence-corrected chi connectivity index (χ0v) is 11.2. The topological polar surface area (TPSA) is 33.5 Å². The quantitative estimate of drug-likeness (QED) is 0.854. The lowest BCUT2D eigenvalue weighted by Gasteiger charge is -2.21. The van der Waals surface area contributed by atoms with Crippen molar-refractivity contribution < 1.29 is 9.21 Å². The highest BCUT2D eigenvalue weighted by Crippen LogP contribution is 2.31. The third-order valence-electron chi connectivity index (χ3n) is 3.03. The second-order valence-electron chi connectivity index (χ2n) is 4.40. The van der Waals surface area contributed by atoms with E-state index in [1.165, 1.54) is 11.8 Å². The molecule has 3 nitrogen and oxygen atoms in total. The Morgan fingerprint density at radius 3 is 2.89 bits per heavy atom. The van der Waals surface area contributed by atoms with Gasteiger partial charge < -0.3 is 9.32 Å². The van der Waals surface area contributed by atoms with E-state index in [1.807, 2.05) is 16.3 Å². The number of rotatable bonds is 4. The molecule has 0 bridgehead atoms. The van der Waals surface area contributed by atoms with Gasteiger partial charge in [0, 0.05) is 12.6 Å². The van der Waals surface area contributed by atoms with Crippen molar-refractivity contribution >= 4 is 28.8 Å². The number of hydrogen-bond donors (Lipinski definition) is 0. The molecule has 2 heterocycles. The summed E-state index contributed by atoms with van der Waals surface area (Å²) in [5.41, 5.74) is 1.62. The van der Waals surface area contributed by atoms with Crippen molar-refractivity contribution in [1.29, 1.82) is 0 Å². The van der Waals surface area contributed by atoms with Crippen LogP contribution < -0.4 is 0 Å². The van der Waals surface area contributed by atoms with Gasteiger partial charge in [0.15, 0.2) is 0 Å². The number of carbonyl (C=O) groups excluding carboxylic acids is 1. The predicted molar refractivity (Wildman–Crippen MR) is 70.9 cm³/mol. The molecule has 0 radical (unpaired) electrons. The number of amides is 1. The average molecular weight is 282 g/mol. The molecule has 1 amide bonds. The van der Waals surface area contributed by atoms with Crippen LogP contribution in [0.15, 0.2) is 33.6 Å². The molecule has 0 unspecified atom stereocenters. The Kier molecular flexibility index (Phi) is 3.14. The van der Waals surface area contributed by atoms with Gasteiger partial charge >= 0.3 is 0 Å². The first-order chi connectivity index (χ1) is 8.75. The minimum absolute atomic E-state index is 0.0394. The molecular formula is C13H12ClNO2S. The van der Waals surface area contributed by atoms with E-state index in [4.69, 9.17) is 16.0 Å². The van der Waals surface area contributed by atoms with E-state index >= 15 is 0 Å². The maximum Gasteiger partial charge on any atom is 0.259 e. The number of furan rings is 1. The summed E-state index contributed by atoms with van der Waals surface area (Å²) in [5.74, 6) is -0.0394. The van der Waals surface area contributed by atoms with Crippen LogP contribution in [0.25, 0.3) is 0 Å². The molecule has 2 aromatic rings. The normalized spacial score (nSPS) is 14.7. The van der Waals surface area contributed by atoms with Crippen molar-refractivity contribution in [3.8, 4) is 0 Å². The summed E-state index contributed by atoms with van der Waals surface area (Å²) in [4.78, 5) is 14.3. The van der Waals surface area contributed by atoms with Crippen LogP contribution >= 0.6 is 22.9 Å². The van der Waals surface area contributed by atoms with Crippen molar-refractivity contribution in [3.63, 3.8) is 0 Å². The first kappa shape index (κ1) is 11.8. The fourth-order valence-electron chi connectivity index (χ4n) is 1.93. The number of carbonyl (C=O) groups is 1. The van der Waals surface area contributed by atoms with Crippen LogP contribution in [0.5, 0.6) is 0 Å². The minimum Gasteiger partial charge on any atom is -0.452 e. The highest BCUT2D eigenvalue weighted by molar-refractivity contribution is 7.07. The van der Waals surface area contributed by atoms with Gasteiger partial charge in [-0.25, -0.2) is 0 Å². The molecule has 0 atom stereocenters. The zero-order valence-electron chi connectivity index (χ0n) is 9.64. The molecular weight excluding hydrogens is 270 g/mol. The minimum atomic E-state index is -0.0394. The van der Waals surface area contributed by atoms with Crippen molar-refractivity contribution in [2.45, 2.75) is 25.4 Å². The van der Waals surface area contributed by atoms with E-state index in [1.54, 1.807) is 17.4 Å². The van der Waals surface area contributed by atoms with Gasteiger partial charge in [-0.2, -0.15) is 11.3 Å². The molecule has 1 aliphatic rings. The Morgan fingerprint density at radius 1 is 1.50 bits per heavy atom. The number of halogens is 1. The van der Waals surface area contributed by atoms with Gasteiger partial charge in [0.25, 0.3) is 5.91 Å². The van der Waals surface area contributed by atoms with Crippen LogP contribution in [0.3, 0.4) is 0 Å². The maximum atomic E-state index is 12.4. The second kappa shape index (κ2) is 4.78. The molecule has 0 N–H and O–H groups in total. The van der Waals surface area contributed by atoms with Gasteiger partial charge in [-0.1, -0.05) is 0 Å². The van der Waals surface area contributed by atoms with Crippen LogP contribution in [0.1, 0.15) is 28.8 Å². The van der Waals surface area contributed by atoms with Crippen molar-refractivity contribution in [1.82, 2.24) is 4.90 Å². The van der Waals surface area contributed by atoms with Crippen LogP contribution in [0.4, 0.5) is 0 Å². The summed E-state index contributed by atoms with van der Waals surface area (Å²) < 4.78 is 4.99. The highest BCUT2D eigenvalue weighted by atomic mass is 35.5. The molecule has 0 aliphatic heterocycles. The molecule has 18 heavy (non-hydrogen) atoms. The van der Waals surface area contributed by atoms with E-state index in [0.29, 0.717) is 18.2 Å². The molecule has 2 aromatic heterocycles. The lowest BCUT2D eigenvalue weighted by molar-refractivity contribution is 0.0729. The molecule has 0 aromatic carbocycles. The molecule has 1 aliphatic carbocycles. The van der Waals surface area contributed by atoms with E-state index in [0.717, 1.165) is 12.8 Å². The third-order valence-corrected chi connectivity index (χ3v) is 4.05. The number of thiophene rings is 1. The Balaban J connectivity index is 1.82. The largest absolute Gasteiger partial charge is 0.452 e. The van der Waals surface area contributed by atoms with E-state index in [9.17, 15) is 4.79 Å².